The first-order valence-electron chi connectivity index (χ1n) is 5.83. The molecule has 0 atom stereocenters. The van der Waals surface area contributed by atoms with Crippen molar-refractivity contribution < 1.29 is 0 Å². The minimum Gasteiger partial charge on any atom is -0.306 e. The highest BCUT2D eigenvalue weighted by atomic mass is 16.2. The maximum absolute atomic E-state index is 12.4. The van der Waals surface area contributed by atoms with Gasteiger partial charge in [0, 0.05) is 12.4 Å². The largest absolute Gasteiger partial charge is 0.333 e. The number of hydrogen-bond acceptors (Lipinski definition) is 3. The molecule has 94 valence electrons. The van der Waals surface area contributed by atoms with Crippen molar-refractivity contribution in [3.05, 3.63) is 69.1 Å². The topological polar surface area (TPSA) is 67.8 Å². The Hall–Kier alpha value is -2.69. The van der Waals surface area contributed by atoms with E-state index < -0.39 is 5.69 Å². The predicted octanol–water partition coefficient (Wildman–Crippen LogP) is 1.38. The Kier molecular flexibility index (Phi) is 2.52. The lowest BCUT2D eigenvalue weighted by molar-refractivity contribution is 0.898. The van der Waals surface area contributed by atoms with Crippen molar-refractivity contribution in [3.63, 3.8) is 0 Å². The van der Waals surface area contributed by atoms with Gasteiger partial charge >= 0.3 is 5.69 Å². The van der Waals surface area contributed by atoms with E-state index in [-0.39, 0.29) is 5.56 Å². The fourth-order valence-corrected chi connectivity index (χ4v) is 2.06. The van der Waals surface area contributed by atoms with Crippen molar-refractivity contribution in [2.24, 2.45) is 0 Å². The van der Waals surface area contributed by atoms with Crippen molar-refractivity contribution in [2.75, 3.05) is 0 Å². The highest BCUT2D eigenvalue weighted by Gasteiger charge is 2.09. The van der Waals surface area contributed by atoms with E-state index in [4.69, 9.17) is 0 Å². The molecule has 0 aliphatic heterocycles. The molecule has 0 aliphatic carbocycles. The standard InChI is InChI=1S/C14H11N3O2/c1-9-2-3-12-11(8-9)13(18)17(14(19)16-12)10-4-6-15-7-5-10/h2-8H,1H3,(H,16,19). The summed E-state index contributed by atoms with van der Waals surface area (Å²) in [6.45, 7) is 1.90. The van der Waals surface area contributed by atoms with Gasteiger partial charge in [-0.25, -0.2) is 9.36 Å². The summed E-state index contributed by atoms with van der Waals surface area (Å²) in [4.78, 5) is 31.0. The Labute approximate surface area is 108 Å². The van der Waals surface area contributed by atoms with Gasteiger partial charge < -0.3 is 4.98 Å². The SMILES string of the molecule is Cc1ccc2[nH]c(=O)n(-c3ccncc3)c(=O)c2c1. The van der Waals surface area contributed by atoms with E-state index in [1.54, 1.807) is 36.7 Å². The van der Waals surface area contributed by atoms with Gasteiger partial charge in [0.05, 0.1) is 16.6 Å². The molecule has 0 unspecified atom stereocenters. The zero-order chi connectivity index (χ0) is 13.4. The lowest BCUT2D eigenvalue weighted by Crippen LogP contribution is -2.33. The van der Waals surface area contributed by atoms with E-state index in [2.05, 4.69) is 9.97 Å². The van der Waals surface area contributed by atoms with Crippen molar-refractivity contribution >= 4 is 10.9 Å². The second kappa shape index (κ2) is 4.20. The fraction of sp³-hybridized carbons (Fsp3) is 0.0714. The van der Waals surface area contributed by atoms with Crippen molar-refractivity contribution in [3.8, 4) is 5.69 Å². The van der Waals surface area contributed by atoms with Gasteiger partial charge in [0.15, 0.2) is 0 Å². The summed E-state index contributed by atoms with van der Waals surface area (Å²) in [5, 5.41) is 0.497. The molecular formula is C14H11N3O2. The zero-order valence-corrected chi connectivity index (χ0v) is 10.3. The third-order valence-corrected chi connectivity index (χ3v) is 2.97. The summed E-state index contributed by atoms with van der Waals surface area (Å²) < 4.78 is 1.11. The summed E-state index contributed by atoms with van der Waals surface area (Å²) in [6.07, 6.45) is 3.09. The number of nitrogens with one attached hydrogen (secondary N) is 1. The number of pyridine rings is 1. The Morgan fingerprint density at radius 3 is 2.58 bits per heavy atom. The molecule has 2 aromatic heterocycles. The van der Waals surface area contributed by atoms with Crippen LogP contribution in [0.4, 0.5) is 0 Å². The maximum atomic E-state index is 12.4. The third-order valence-electron chi connectivity index (χ3n) is 2.97. The zero-order valence-electron chi connectivity index (χ0n) is 10.3. The number of benzene rings is 1. The van der Waals surface area contributed by atoms with Gasteiger partial charge in [-0.2, -0.15) is 0 Å². The molecule has 0 spiro atoms. The van der Waals surface area contributed by atoms with Crippen LogP contribution >= 0.6 is 0 Å². The number of aryl methyl sites for hydroxylation is 1. The fourth-order valence-electron chi connectivity index (χ4n) is 2.06. The lowest BCUT2D eigenvalue weighted by atomic mass is 10.2. The van der Waals surface area contributed by atoms with Crippen molar-refractivity contribution in [1.29, 1.82) is 0 Å². The molecule has 3 aromatic rings. The molecule has 0 radical (unpaired) electrons. The van der Waals surface area contributed by atoms with E-state index in [9.17, 15) is 9.59 Å². The highest BCUT2D eigenvalue weighted by Crippen LogP contribution is 2.09. The number of nitrogens with zero attached hydrogens (tertiary/aromatic N) is 2. The summed E-state index contributed by atoms with van der Waals surface area (Å²) in [5.41, 5.74) is 1.25. The van der Waals surface area contributed by atoms with Crippen molar-refractivity contribution in [2.45, 2.75) is 6.92 Å². The van der Waals surface area contributed by atoms with Gasteiger partial charge in [-0.3, -0.25) is 9.78 Å². The van der Waals surface area contributed by atoms with Crippen LogP contribution in [0, 0.1) is 6.92 Å². The number of fused-ring (bicyclic) bond motifs is 1. The Balaban J connectivity index is 2.44. The van der Waals surface area contributed by atoms with E-state index in [1.807, 2.05) is 13.0 Å². The maximum Gasteiger partial charge on any atom is 0.333 e. The monoisotopic (exact) mass is 253 g/mol. The number of H-pyrrole nitrogens is 1. The van der Waals surface area contributed by atoms with Gasteiger partial charge in [-0.15, -0.1) is 0 Å². The average Bonchev–Trinajstić information content (AvgIpc) is 2.41. The molecule has 1 aromatic carbocycles. The first kappa shape index (κ1) is 11.4. The molecule has 0 amide bonds. The normalized spacial score (nSPS) is 10.8. The molecule has 0 saturated heterocycles. The smallest absolute Gasteiger partial charge is 0.306 e. The summed E-state index contributed by atoms with van der Waals surface area (Å²) in [5.74, 6) is 0. The lowest BCUT2D eigenvalue weighted by Gasteiger charge is -2.06. The second-order valence-electron chi connectivity index (χ2n) is 4.33. The number of aromatic amines is 1. The van der Waals surface area contributed by atoms with Crippen molar-refractivity contribution in [1.82, 2.24) is 14.5 Å². The van der Waals surface area contributed by atoms with Crippen LogP contribution < -0.4 is 11.2 Å². The first-order valence-corrected chi connectivity index (χ1v) is 5.83. The van der Waals surface area contributed by atoms with Crippen LogP contribution in [0.3, 0.4) is 0 Å². The van der Waals surface area contributed by atoms with E-state index >= 15 is 0 Å². The van der Waals surface area contributed by atoms with Crippen LogP contribution in [0.25, 0.3) is 16.6 Å². The Bertz CT molecular complexity index is 863. The first-order chi connectivity index (χ1) is 9.16. The van der Waals surface area contributed by atoms with Crippen LogP contribution in [-0.2, 0) is 0 Å². The molecule has 0 fully saturated rings. The van der Waals surface area contributed by atoms with Gasteiger partial charge in [0.2, 0.25) is 0 Å². The average molecular weight is 253 g/mol. The van der Waals surface area contributed by atoms with E-state index in [1.165, 1.54) is 0 Å². The van der Waals surface area contributed by atoms with Gasteiger partial charge in [-0.05, 0) is 31.2 Å². The number of hydrogen-bond donors (Lipinski definition) is 1. The van der Waals surface area contributed by atoms with E-state index in [0.29, 0.717) is 16.6 Å². The quantitative estimate of drug-likeness (QED) is 0.712. The van der Waals surface area contributed by atoms with Crippen LogP contribution in [0.5, 0.6) is 0 Å². The summed E-state index contributed by atoms with van der Waals surface area (Å²) in [6, 6.07) is 8.61. The predicted molar refractivity (Wildman–Crippen MR) is 72.7 cm³/mol. The van der Waals surface area contributed by atoms with Crippen LogP contribution in [0.1, 0.15) is 5.56 Å². The number of rotatable bonds is 1. The third kappa shape index (κ3) is 1.85. The summed E-state index contributed by atoms with van der Waals surface area (Å²) >= 11 is 0. The molecule has 1 N–H and O–H groups in total. The molecule has 0 bridgehead atoms. The number of aromatic nitrogens is 3. The Morgan fingerprint density at radius 2 is 1.84 bits per heavy atom. The molecule has 0 aliphatic rings. The second-order valence-corrected chi connectivity index (χ2v) is 4.33. The highest BCUT2D eigenvalue weighted by molar-refractivity contribution is 5.78. The summed E-state index contributed by atoms with van der Waals surface area (Å²) in [7, 11) is 0. The van der Waals surface area contributed by atoms with Crippen LogP contribution in [0.15, 0.2) is 52.3 Å². The van der Waals surface area contributed by atoms with Gasteiger partial charge in [0.25, 0.3) is 5.56 Å². The minimum absolute atomic E-state index is 0.325. The molecular weight excluding hydrogens is 242 g/mol. The molecule has 5 nitrogen and oxygen atoms in total. The minimum atomic E-state index is -0.451. The van der Waals surface area contributed by atoms with E-state index in [0.717, 1.165) is 10.1 Å². The van der Waals surface area contributed by atoms with Gasteiger partial charge in [0.1, 0.15) is 0 Å². The molecule has 3 rings (SSSR count). The Morgan fingerprint density at radius 1 is 1.11 bits per heavy atom. The molecule has 0 saturated carbocycles. The molecule has 2 heterocycles. The molecule has 5 heteroatoms. The molecule has 19 heavy (non-hydrogen) atoms. The van der Waals surface area contributed by atoms with Crippen LogP contribution in [-0.4, -0.2) is 14.5 Å². The van der Waals surface area contributed by atoms with Crippen LogP contribution in [0.2, 0.25) is 0 Å². The van der Waals surface area contributed by atoms with Gasteiger partial charge in [-0.1, -0.05) is 11.6 Å².